The van der Waals surface area contributed by atoms with Crippen LogP contribution in [-0.2, 0) is 11.2 Å². The quantitative estimate of drug-likeness (QED) is 0.592. The second-order valence-electron chi connectivity index (χ2n) is 7.67. The van der Waals surface area contributed by atoms with E-state index in [9.17, 15) is 23.5 Å². The number of nitrogens with zero attached hydrogens (tertiary/aromatic N) is 1. The van der Waals surface area contributed by atoms with Gasteiger partial charge in [0, 0.05) is 35.6 Å². The molecule has 9 heteroatoms. The standard InChI is InChI=1S/C22H24ClF2N3O3/c1-13(11-16-17(24)3-2-4-18(16)25)26-22(31)28-9-7-14(8-10-28)21(30)27-19-12-15(23)5-6-20(19)29/h2-6,12-14,29H,7-11H2,1H3,(H,26,31)(H,27,30). The molecular weight excluding hydrogens is 428 g/mol. The van der Waals surface area contributed by atoms with E-state index in [4.69, 9.17) is 11.6 Å². The van der Waals surface area contributed by atoms with E-state index in [2.05, 4.69) is 10.6 Å². The van der Waals surface area contributed by atoms with Crippen molar-refractivity contribution in [3.05, 3.63) is 58.6 Å². The fraction of sp³-hybridized carbons (Fsp3) is 0.364. The Balaban J connectivity index is 1.49. The van der Waals surface area contributed by atoms with Gasteiger partial charge in [-0.3, -0.25) is 4.79 Å². The van der Waals surface area contributed by atoms with Crippen LogP contribution in [0.5, 0.6) is 5.75 Å². The number of likely N-dealkylation sites (tertiary alicyclic amines) is 1. The van der Waals surface area contributed by atoms with Crippen LogP contribution < -0.4 is 10.6 Å². The molecule has 31 heavy (non-hydrogen) atoms. The number of carbonyl (C=O) groups excluding carboxylic acids is 2. The minimum atomic E-state index is -0.640. The van der Waals surface area contributed by atoms with Crippen LogP contribution in [0.1, 0.15) is 25.3 Å². The lowest BCUT2D eigenvalue weighted by Gasteiger charge is -2.32. The van der Waals surface area contributed by atoms with E-state index in [-0.39, 0.29) is 41.3 Å². The van der Waals surface area contributed by atoms with Gasteiger partial charge in [0.05, 0.1) is 5.69 Å². The Bertz CT molecular complexity index is 945. The van der Waals surface area contributed by atoms with E-state index in [1.165, 1.54) is 36.4 Å². The van der Waals surface area contributed by atoms with E-state index in [1.54, 1.807) is 11.8 Å². The number of nitrogens with one attached hydrogen (secondary N) is 2. The van der Waals surface area contributed by atoms with Gasteiger partial charge in [0.25, 0.3) is 0 Å². The van der Waals surface area contributed by atoms with Crippen LogP contribution >= 0.6 is 11.6 Å². The molecule has 1 atom stereocenters. The Morgan fingerprint density at radius 2 is 1.84 bits per heavy atom. The van der Waals surface area contributed by atoms with Crippen molar-refractivity contribution in [2.24, 2.45) is 5.92 Å². The lowest BCUT2D eigenvalue weighted by Crippen LogP contribution is -2.48. The maximum atomic E-state index is 13.8. The van der Waals surface area contributed by atoms with Crippen molar-refractivity contribution in [1.29, 1.82) is 0 Å². The summed E-state index contributed by atoms with van der Waals surface area (Å²) in [5, 5.41) is 15.7. The van der Waals surface area contributed by atoms with Gasteiger partial charge in [-0.15, -0.1) is 0 Å². The first-order valence-corrected chi connectivity index (χ1v) is 10.4. The third-order valence-electron chi connectivity index (χ3n) is 5.31. The lowest BCUT2D eigenvalue weighted by atomic mass is 9.96. The van der Waals surface area contributed by atoms with Crippen molar-refractivity contribution in [2.45, 2.75) is 32.2 Å². The number of rotatable bonds is 5. The van der Waals surface area contributed by atoms with Gasteiger partial charge in [-0.05, 0) is 56.5 Å². The summed E-state index contributed by atoms with van der Waals surface area (Å²) in [6.45, 7) is 2.42. The summed E-state index contributed by atoms with van der Waals surface area (Å²) in [6.07, 6.45) is 0.944. The Hall–Kier alpha value is -2.87. The van der Waals surface area contributed by atoms with E-state index in [0.29, 0.717) is 31.0 Å². The molecule has 3 N–H and O–H groups in total. The molecule has 0 aromatic heterocycles. The second-order valence-corrected chi connectivity index (χ2v) is 8.10. The van der Waals surface area contributed by atoms with Crippen LogP contribution in [0.25, 0.3) is 0 Å². The summed E-state index contributed by atoms with van der Waals surface area (Å²) in [5.74, 6) is -1.92. The number of benzene rings is 2. The Morgan fingerprint density at radius 3 is 2.48 bits per heavy atom. The van der Waals surface area contributed by atoms with Gasteiger partial charge < -0.3 is 20.6 Å². The smallest absolute Gasteiger partial charge is 0.317 e. The molecule has 1 aliphatic heterocycles. The van der Waals surface area contributed by atoms with Crippen molar-refractivity contribution in [2.75, 3.05) is 18.4 Å². The van der Waals surface area contributed by atoms with Crippen molar-refractivity contribution < 1.29 is 23.5 Å². The Kier molecular flexibility index (Phi) is 7.33. The predicted molar refractivity (Wildman–Crippen MR) is 114 cm³/mol. The van der Waals surface area contributed by atoms with Crippen LogP contribution in [0.15, 0.2) is 36.4 Å². The summed E-state index contributed by atoms with van der Waals surface area (Å²) in [7, 11) is 0. The second kappa shape index (κ2) is 9.96. The highest BCUT2D eigenvalue weighted by Gasteiger charge is 2.28. The van der Waals surface area contributed by atoms with Crippen LogP contribution in [-0.4, -0.2) is 41.1 Å². The molecule has 2 aromatic rings. The monoisotopic (exact) mass is 451 g/mol. The summed E-state index contributed by atoms with van der Waals surface area (Å²) in [4.78, 5) is 26.6. The molecule has 1 aliphatic rings. The third kappa shape index (κ3) is 5.85. The summed E-state index contributed by atoms with van der Waals surface area (Å²) in [5.41, 5.74) is 0.182. The zero-order valence-corrected chi connectivity index (χ0v) is 17.8. The number of hydrogen-bond donors (Lipinski definition) is 3. The first-order chi connectivity index (χ1) is 14.7. The number of halogens is 3. The zero-order valence-electron chi connectivity index (χ0n) is 17.0. The molecule has 1 unspecified atom stereocenters. The van der Waals surface area contributed by atoms with Gasteiger partial charge in [-0.25, -0.2) is 13.6 Å². The van der Waals surface area contributed by atoms with Crippen LogP contribution in [0, 0.1) is 17.6 Å². The number of anilines is 1. The van der Waals surface area contributed by atoms with Gasteiger partial charge in [-0.2, -0.15) is 0 Å². The zero-order chi connectivity index (χ0) is 22.5. The van der Waals surface area contributed by atoms with E-state index >= 15 is 0 Å². The number of aromatic hydroxyl groups is 1. The first kappa shape index (κ1) is 22.8. The van der Waals surface area contributed by atoms with E-state index in [1.807, 2.05) is 0 Å². The maximum absolute atomic E-state index is 13.8. The van der Waals surface area contributed by atoms with Crippen molar-refractivity contribution in [3.8, 4) is 5.75 Å². The molecule has 3 amide bonds. The molecule has 1 heterocycles. The molecule has 0 spiro atoms. The van der Waals surface area contributed by atoms with Crippen molar-refractivity contribution in [1.82, 2.24) is 10.2 Å². The highest BCUT2D eigenvalue weighted by molar-refractivity contribution is 6.31. The Morgan fingerprint density at radius 1 is 1.19 bits per heavy atom. The SMILES string of the molecule is CC(Cc1c(F)cccc1F)NC(=O)N1CCC(C(=O)Nc2cc(Cl)ccc2O)CC1. The average Bonchev–Trinajstić information content (AvgIpc) is 2.73. The molecule has 1 fully saturated rings. The number of amides is 3. The number of phenolic OH excluding ortho intramolecular Hbond substituents is 1. The predicted octanol–water partition coefficient (Wildman–Crippen LogP) is 4.32. The maximum Gasteiger partial charge on any atom is 0.317 e. The number of piperidine rings is 1. The summed E-state index contributed by atoms with van der Waals surface area (Å²) >= 11 is 5.89. The normalized spacial score (nSPS) is 15.4. The summed E-state index contributed by atoms with van der Waals surface area (Å²) < 4.78 is 27.6. The molecular formula is C22H24ClF2N3O3. The van der Waals surface area contributed by atoms with Gasteiger partial charge in [0.1, 0.15) is 17.4 Å². The first-order valence-electron chi connectivity index (χ1n) is 10.0. The summed E-state index contributed by atoms with van der Waals surface area (Å²) in [6, 6.07) is 7.26. The molecule has 0 bridgehead atoms. The highest BCUT2D eigenvalue weighted by atomic mass is 35.5. The molecule has 166 valence electrons. The fourth-order valence-corrected chi connectivity index (χ4v) is 3.75. The highest BCUT2D eigenvalue weighted by Crippen LogP contribution is 2.28. The molecule has 0 saturated carbocycles. The number of hydrogen-bond acceptors (Lipinski definition) is 3. The lowest BCUT2D eigenvalue weighted by molar-refractivity contribution is -0.121. The molecule has 6 nitrogen and oxygen atoms in total. The molecule has 0 aliphatic carbocycles. The minimum absolute atomic E-state index is 0.0340. The Labute approximate surface area is 184 Å². The topological polar surface area (TPSA) is 81.7 Å². The number of urea groups is 1. The van der Waals surface area contributed by atoms with E-state index < -0.39 is 17.7 Å². The number of phenols is 1. The van der Waals surface area contributed by atoms with Crippen molar-refractivity contribution >= 4 is 29.2 Å². The molecule has 3 rings (SSSR count). The van der Waals surface area contributed by atoms with Crippen LogP contribution in [0.3, 0.4) is 0 Å². The van der Waals surface area contributed by atoms with Crippen LogP contribution in [0.2, 0.25) is 5.02 Å². The van der Waals surface area contributed by atoms with E-state index in [0.717, 1.165) is 0 Å². The average molecular weight is 452 g/mol. The molecule has 0 radical (unpaired) electrons. The largest absolute Gasteiger partial charge is 0.506 e. The number of carbonyl (C=O) groups is 2. The molecule has 2 aromatic carbocycles. The van der Waals surface area contributed by atoms with Gasteiger partial charge >= 0.3 is 6.03 Å². The van der Waals surface area contributed by atoms with Gasteiger partial charge in [0.15, 0.2) is 0 Å². The van der Waals surface area contributed by atoms with Crippen LogP contribution in [0.4, 0.5) is 19.3 Å². The minimum Gasteiger partial charge on any atom is -0.506 e. The third-order valence-corrected chi connectivity index (χ3v) is 5.55. The molecule has 1 saturated heterocycles. The van der Waals surface area contributed by atoms with Crippen molar-refractivity contribution in [3.63, 3.8) is 0 Å². The van der Waals surface area contributed by atoms with Gasteiger partial charge in [0.2, 0.25) is 5.91 Å². The fourth-order valence-electron chi connectivity index (χ4n) is 3.57. The van der Waals surface area contributed by atoms with Gasteiger partial charge in [-0.1, -0.05) is 17.7 Å².